The van der Waals surface area contributed by atoms with E-state index < -0.39 is 5.91 Å². The summed E-state index contributed by atoms with van der Waals surface area (Å²) in [5, 5.41) is 3.85. The van der Waals surface area contributed by atoms with Gasteiger partial charge >= 0.3 is 0 Å². The van der Waals surface area contributed by atoms with Gasteiger partial charge in [-0.1, -0.05) is 6.58 Å². The van der Waals surface area contributed by atoms with Crippen molar-refractivity contribution in [3.63, 3.8) is 0 Å². The van der Waals surface area contributed by atoms with E-state index in [0.717, 1.165) is 30.1 Å². The molecule has 1 aliphatic rings. The number of nitrogens with one attached hydrogen (secondary N) is 1. The lowest BCUT2D eigenvalue weighted by molar-refractivity contribution is -0.115. The Hall–Kier alpha value is -2.81. The van der Waals surface area contributed by atoms with Crippen LogP contribution in [0.15, 0.2) is 24.9 Å². The number of primary amides is 1. The van der Waals surface area contributed by atoms with E-state index in [9.17, 15) is 9.59 Å². The largest absolute Gasteiger partial charge is 0.364 e. The van der Waals surface area contributed by atoms with Crippen LogP contribution in [0.2, 0.25) is 0 Å². The number of aromatic nitrogens is 3. The van der Waals surface area contributed by atoms with E-state index in [0.29, 0.717) is 24.6 Å². The van der Waals surface area contributed by atoms with E-state index in [-0.39, 0.29) is 17.4 Å². The third-order valence-electron chi connectivity index (χ3n) is 4.42. The van der Waals surface area contributed by atoms with Crippen LogP contribution in [0.25, 0.3) is 0 Å². The molecule has 27 heavy (non-hydrogen) atoms. The lowest BCUT2D eigenvalue weighted by atomic mass is 9.93. The highest BCUT2D eigenvalue weighted by Gasteiger charge is 2.24. The zero-order valence-corrected chi connectivity index (χ0v) is 16.0. The van der Waals surface area contributed by atoms with Crippen LogP contribution in [0.4, 0.5) is 16.6 Å². The fourth-order valence-electron chi connectivity index (χ4n) is 3.15. The van der Waals surface area contributed by atoms with E-state index >= 15 is 0 Å². The second-order valence-electron chi connectivity index (χ2n) is 6.58. The summed E-state index contributed by atoms with van der Waals surface area (Å²) in [5.41, 5.74) is 6.40. The van der Waals surface area contributed by atoms with E-state index in [2.05, 4.69) is 31.1 Å². The Labute approximate surface area is 161 Å². The molecule has 0 spiro atoms. The smallest absolute Gasteiger partial charge is 0.271 e. The molecule has 1 fully saturated rings. The van der Waals surface area contributed by atoms with Gasteiger partial charge in [-0.15, -0.1) is 0 Å². The number of allylic oxidation sites excluding steroid dienone is 1. The monoisotopic (exact) mass is 386 g/mol. The molecule has 0 radical (unpaired) electrons. The highest BCUT2D eigenvalue weighted by atomic mass is 32.1. The average molecular weight is 386 g/mol. The second-order valence-corrected chi connectivity index (χ2v) is 7.38. The Balaban J connectivity index is 1.82. The van der Waals surface area contributed by atoms with Crippen LogP contribution in [0.3, 0.4) is 0 Å². The van der Waals surface area contributed by atoms with Crippen molar-refractivity contribution in [3.05, 3.63) is 36.3 Å². The summed E-state index contributed by atoms with van der Waals surface area (Å²) < 4.78 is 4.21. The van der Waals surface area contributed by atoms with Crippen molar-refractivity contribution in [2.45, 2.75) is 26.2 Å². The minimum absolute atomic E-state index is 0.0555. The van der Waals surface area contributed by atoms with E-state index in [4.69, 9.17) is 5.73 Å². The van der Waals surface area contributed by atoms with Gasteiger partial charge in [-0.3, -0.25) is 9.59 Å². The van der Waals surface area contributed by atoms with Gasteiger partial charge in [-0.05, 0) is 49.4 Å². The topological polar surface area (TPSA) is 114 Å². The number of rotatable bonds is 7. The maximum Gasteiger partial charge on any atom is 0.271 e. The molecule has 0 unspecified atom stereocenters. The van der Waals surface area contributed by atoms with Crippen LogP contribution < -0.4 is 16.0 Å². The number of piperidine rings is 1. The summed E-state index contributed by atoms with van der Waals surface area (Å²) in [7, 11) is 0. The summed E-state index contributed by atoms with van der Waals surface area (Å²) in [6, 6.07) is 1.86. The zero-order valence-electron chi connectivity index (χ0n) is 15.1. The number of nitrogens with zero attached hydrogens (tertiary/aromatic N) is 4. The molecule has 2 aromatic heterocycles. The first-order chi connectivity index (χ1) is 13.0. The predicted molar refractivity (Wildman–Crippen MR) is 105 cm³/mol. The Kier molecular flexibility index (Phi) is 5.80. The number of aryl methyl sites for hydroxylation is 1. The number of carbonyl (C=O) groups is 2. The molecule has 3 rings (SSSR count). The standard InChI is InChI=1S/C18H22N6O2S/c1-3-13(25)8-12-5-4-6-24(10-12)14-9-20-16(17(19)26)18(21-14)22-15-7-11(2)23-27-15/h3,7,9,12H,1,4-6,8,10H2,2H3,(H2,19,26)(H,21,22)/t12-/m1/s1. The van der Waals surface area contributed by atoms with Crippen molar-refractivity contribution in [3.8, 4) is 0 Å². The van der Waals surface area contributed by atoms with Crippen LogP contribution >= 0.6 is 11.5 Å². The SMILES string of the molecule is C=CC(=O)C[C@H]1CCCN(c2cnc(C(N)=O)c(Nc3cc(C)ns3)n2)C1. The van der Waals surface area contributed by atoms with Crippen LogP contribution in [-0.2, 0) is 4.79 Å². The van der Waals surface area contributed by atoms with Crippen molar-refractivity contribution in [2.75, 3.05) is 23.3 Å². The van der Waals surface area contributed by atoms with Crippen molar-refractivity contribution in [1.82, 2.24) is 14.3 Å². The molecule has 1 amide bonds. The number of hydrogen-bond acceptors (Lipinski definition) is 8. The maximum absolute atomic E-state index is 11.7. The number of hydrogen-bond donors (Lipinski definition) is 2. The summed E-state index contributed by atoms with van der Waals surface area (Å²) >= 11 is 1.27. The molecule has 2 aromatic rings. The Morgan fingerprint density at radius 2 is 2.33 bits per heavy atom. The van der Waals surface area contributed by atoms with Crippen LogP contribution in [-0.4, -0.2) is 39.1 Å². The van der Waals surface area contributed by atoms with Crippen molar-refractivity contribution >= 4 is 39.9 Å². The molecular weight excluding hydrogens is 364 g/mol. The van der Waals surface area contributed by atoms with Gasteiger partial charge in [0.25, 0.3) is 5.91 Å². The number of ketones is 1. The Morgan fingerprint density at radius 1 is 1.52 bits per heavy atom. The Bertz CT molecular complexity index is 865. The van der Waals surface area contributed by atoms with Gasteiger partial charge in [0.1, 0.15) is 10.8 Å². The molecular formula is C18H22N6O2S. The van der Waals surface area contributed by atoms with Gasteiger partial charge in [-0.2, -0.15) is 4.37 Å². The van der Waals surface area contributed by atoms with Crippen LogP contribution in [0, 0.1) is 12.8 Å². The lowest BCUT2D eigenvalue weighted by Crippen LogP contribution is -2.37. The third kappa shape index (κ3) is 4.68. The van der Waals surface area contributed by atoms with Gasteiger partial charge in [0.2, 0.25) is 0 Å². The predicted octanol–water partition coefficient (Wildman–Crippen LogP) is 2.45. The molecule has 142 valence electrons. The van der Waals surface area contributed by atoms with Gasteiger partial charge in [-0.25, -0.2) is 9.97 Å². The van der Waals surface area contributed by atoms with Gasteiger partial charge in [0.15, 0.2) is 17.3 Å². The first-order valence-corrected chi connectivity index (χ1v) is 9.51. The summed E-state index contributed by atoms with van der Waals surface area (Å²) in [5.74, 6) is 0.626. The minimum atomic E-state index is -0.647. The fourth-order valence-corrected chi connectivity index (χ4v) is 3.81. The van der Waals surface area contributed by atoms with Gasteiger partial charge in [0, 0.05) is 19.5 Å². The van der Waals surface area contributed by atoms with E-state index in [1.165, 1.54) is 17.6 Å². The third-order valence-corrected chi connectivity index (χ3v) is 5.22. The van der Waals surface area contributed by atoms with Gasteiger partial charge in [0.05, 0.1) is 11.9 Å². The zero-order chi connectivity index (χ0) is 19.4. The van der Waals surface area contributed by atoms with Crippen LogP contribution in [0.1, 0.15) is 35.4 Å². The highest BCUT2D eigenvalue weighted by molar-refractivity contribution is 7.10. The van der Waals surface area contributed by atoms with E-state index in [1.54, 1.807) is 6.20 Å². The summed E-state index contributed by atoms with van der Waals surface area (Å²) in [4.78, 5) is 34.3. The number of nitrogens with two attached hydrogens (primary N) is 1. The van der Waals surface area contributed by atoms with Gasteiger partial charge < -0.3 is 16.0 Å². The molecule has 0 aliphatic carbocycles. The lowest BCUT2D eigenvalue weighted by Gasteiger charge is -2.33. The van der Waals surface area contributed by atoms with Crippen molar-refractivity contribution in [2.24, 2.45) is 11.7 Å². The first kappa shape index (κ1) is 19.0. The summed E-state index contributed by atoms with van der Waals surface area (Å²) in [6.45, 7) is 6.96. The second kappa shape index (κ2) is 8.26. The number of amides is 1. The molecule has 0 aromatic carbocycles. The molecule has 3 heterocycles. The molecule has 1 saturated heterocycles. The molecule has 0 bridgehead atoms. The quantitative estimate of drug-likeness (QED) is 0.702. The van der Waals surface area contributed by atoms with Crippen molar-refractivity contribution < 1.29 is 9.59 Å². The Morgan fingerprint density at radius 3 is 3.00 bits per heavy atom. The molecule has 1 atom stereocenters. The molecule has 8 nitrogen and oxygen atoms in total. The molecule has 9 heteroatoms. The average Bonchev–Trinajstić information content (AvgIpc) is 3.06. The normalized spacial score (nSPS) is 16.8. The fraction of sp³-hybridized carbons (Fsp3) is 0.389. The minimum Gasteiger partial charge on any atom is -0.364 e. The van der Waals surface area contributed by atoms with E-state index in [1.807, 2.05) is 13.0 Å². The summed E-state index contributed by atoms with van der Waals surface area (Å²) in [6.07, 6.45) is 5.37. The highest BCUT2D eigenvalue weighted by Crippen LogP contribution is 2.27. The molecule has 1 aliphatic heterocycles. The number of anilines is 3. The number of carbonyl (C=O) groups excluding carboxylic acids is 2. The van der Waals surface area contributed by atoms with Crippen molar-refractivity contribution in [1.29, 1.82) is 0 Å². The maximum atomic E-state index is 11.7. The molecule has 3 N–H and O–H groups in total. The first-order valence-electron chi connectivity index (χ1n) is 8.73. The molecule has 0 saturated carbocycles. The van der Waals surface area contributed by atoms with Crippen LogP contribution in [0.5, 0.6) is 0 Å².